The van der Waals surface area contributed by atoms with Gasteiger partial charge in [0.25, 0.3) is 0 Å². The normalized spacial score (nSPS) is 12.5. The van der Waals surface area contributed by atoms with Gasteiger partial charge in [-0.15, -0.1) is 28.8 Å². The fourth-order valence-electron chi connectivity index (χ4n) is 3.47. The number of rotatable bonds is 3. The largest absolute Gasteiger partial charge is 0.424 e. The minimum atomic E-state index is -0.389. The van der Waals surface area contributed by atoms with Crippen molar-refractivity contribution < 1.29 is 27.7 Å². The maximum absolute atomic E-state index is 15.1. The molecule has 2 heterocycles. The molecule has 3 aromatic rings. The van der Waals surface area contributed by atoms with Crippen molar-refractivity contribution in [2.75, 3.05) is 13.6 Å². The molecule has 2 aromatic carbocycles. The number of ether oxygens (including phenoxy) is 1. The Morgan fingerprint density at radius 2 is 1.91 bits per heavy atom. The van der Waals surface area contributed by atoms with E-state index in [1.807, 2.05) is 46.8 Å². The number of aromatic nitrogens is 2. The molecule has 0 aliphatic carbocycles. The topological polar surface area (TPSA) is 38.2 Å². The third kappa shape index (κ3) is 5.77. The van der Waals surface area contributed by atoms with Gasteiger partial charge < -0.3 is 9.64 Å². The maximum atomic E-state index is 15.1. The SMILES string of the molecule is C.CC.CC(C)=C(C)c1[c-]cc2cnc(Oc3cccc4c3CCN(C)C4)nc2c1F.[V]. The summed E-state index contributed by atoms with van der Waals surface area (Å²) in [7, 11) is 2.11. The zero-order valence-electron chi connectivity index (χ0n) is 19.1. The molecule has 0 bridgehead atoms. The van der Waals surface area contributed by atoms with Crippen molar-refractivity contribution in [3.8, 4) is 11.8 Å². The third-order valence-electron chi connectivity index (χ3n) is 5.33. The van der Waals surface area contributed by atoms with E-state index in [9.17, 15) is 0 Å². The van der Waals surface area contributed by atoms with Crippen LogP contribution in [0.3, 0.4) is 0 Å². The van der Waals surface area contributed by atoms with Crippen LogP contribution in [-0.4, -0.2) is 28.5 Å². The van der Waals surface area contributed by atoms with Crippen LogP contribution in [-0.2, 0) is 31.5 Å². The average molecular weight is 474 g/mol. The first-order valence-electron chi connectivity index (χ1n) is 10.4. The van der Waals surface area contributed by atoms with Crippen LogP contribution in [0, 0.1) is 11.9 Å². The van der Waals surface area contributed by atoms with E-state index in [4.69, 9.17) is 4.74 Å². The monoisotopic (exact) mass is 473 g/mol. The summed E-state index contributed by atoms with van der Waals surface area (Å²) in [5, 5.41) is 0.604. The predicted octanol–water partition coefficient (Wildman–Crippen LogP) is 6.82. The molecule has 1 radical (unpaired) electrons. The molecule has 0 unspecified atom stereocenters. The molecule has 0 fully saturated rings. The van der Waals surface area contributed by atoms with Crippen LogP contribution in [0.4, 0.5) is 4.39 Å². The Balaban J connectivity index is 0.00000125. The molecule has 32 heavy (non-hydrogen) atoms. The number of hydrogen-bond acceptors (Lipinski definition) is 4. The van der Waals surface area contributed by atoms with E-state index < -0.39 is 0 Å². The van der Waals surface area contributed by atoms with Gasteiger partial charge in [-0.2, -0.15) is 0 Å². The van der Waals surface area contributed by atoms with Gasteiger partial charge in [0.15, 0.2) is 0 Å². The van der Waals surface area contributed by atoms with E-state index in [1.54, 1.807) is 12.3 Å². The molecule has 4 rings (SSSR count). The van der Waals surface area contributed by atoms with Gasteiger partial charge in [-0.05, 0) is 25.1 Å². The summed E-state index contributed by atoms with van der Waals surface area (Å²) in [6, 6.07) is 10.9. The van der Waals surface area contributed by atoms with Crippen LogP contribution in [0.15, 0.2) is 36.0 Å². The van der Waals surface area contributed by atoms with Crippen molar-refractivity contribution in [2.45, 2.75) is 55.0 Å². The van der Waals surface area contributed by atoms with Crippen molar-refractivity contribution >= 4 is 16.5 Å². The molecule has 171 valence electrons. The number of likely N-dealkylation sites (N-methyl/N-ethyl adjacent to an activating group) is 1. The first kappa shape index (κ1) is 27.8. The Morgan fingerprint density at radius 3 is 2.59 bits per heavy atom. The van der Waals surface area contributed by atoms with E-state index in [0.717, 1.165) is 36.4 Å². The molecule has 0 saturated carbocycles. The van der Waals surface area contributed by atoms with Gasteiger partial charge in [-0.25, -0.2) is 9.97 Å². The molecule has 0 saturated heterocycles. The third-order valence-corrected chi connectivity index (χ3v) is 5.33. The summed E-state index contributed by atoms with van der Waals surface area (Å²) < 4.78 is 21.1. The zero-order valence-corrected chi connectivity index (χ0v) is 20.5. The smallest absolute Gasteiger partial charge is 0.320 e. The second kappa shape index (κ2) is 12.1. The van der Waals surface area contributed by atoms with Gasteiger partial charge in [-0.3, -0.25) is 4.39 Å². The Kier molecular flexibility index (Phi) is 10.6. The number of benzene rings is 2. The fourth-order valence-corrected chi connectivity index (χ4v) is 3.47. The molecular weight excluding hydrogens is 440 g/mol. The standard InChI is InChI=1S/C23H23FN3O.C2H6.CH4.V/c1-14(2)15(3)18-9-8-16-12-25-23(26-22(16)21(18)24)28-20-7-5-6-17-13-27(4)11-10-19(17)20;1-2;;/h5-8,12H,10-11,13H2,1-4H3;1-2H3;1H4;/q-1;;;. The first-order valence-corrected chi connectivity index (χ1v) is 10.4. The van der Waals surface area contributed by atoms with E-state index in [2.05, 4.69) is 34.0 Å². The number of halogens is 1. The molecule has 1 aromatic heterocycles. The van der Waals surface area contributed by atoms with Crippen molar-refractivity contribution in [1.82, 2.24) is 14.9 Å². The van der Waals surface area contributed by atoms with Crippen LogP contribution in [0.25, 0.3) is 16.5 Å². The Bertz CT molecular complexity index is 1090. The summed E-state index contributed by atoms with van der Waals surface area (Å²) in [6.45, 7) is 11.7. The van der Waals surface area contributed by atoms with E-state index >= 15 is 4.39 Å². The molecule has 1 aliphatic heterocycles. The van der Waals surface area contributed by atoms with Gasteiger partial charge in [0, 0.05) is 48.9 Å². The molecule has 0 N–H and O–H groups in total. The summed E-state index contributed by atoms with van der Waals surface area (Å²) in [5.41, 5.74) is 5.02. The Hall–Kier alpha value is -2.21. The van der Waals surface area contributed by atoms with E-state index in [1.165, 1.54) is 11.1 Å². The number of allylic oxidation sites excluding steroid dienone is 2. The maximum Gasteiger partial charge on any atom is 0.320 e. The average Bonchev–Trinajstić information content (AvgIpc) is 2.75. The minimum Gasteiger partial charge on any atom is -0.424 e. The Labute approximate surface area is 203 Å². The summed E-state index contributed by atoms with van der Waals surface area (Å²) >= 11 is 0. The molecule has 0 atom stereocenters. The van der Waals surface area contributed by atoms with Gasteiger partial charge >= 0.3 is 6.01 Å². The molecule has 0 spiro atoms. The van der Waals surface area contributed by atoms with Crippen molar-refractivity contribution in [1.29, 1.82) is 0 Å². The van der Waals surface area contributed by atoms with Crippen molar-refractivity contribution in [3.63, 3.8) is 0 Å². The molecule has 6 heteroatoms. The van der Waals surface area contributed by atoms with Crippen LogP contribution in [0.5, 0.6) is 11.8 Å². The molecule has 0 amide bonds. The second-order valence-corrected chi connectivity index (χ2v) is 7.54. The fraction of sp³-hybridized carbons (Fsp3) is 0.385. The van der Waals surface area contributed by atoms with Gasteiger partial charge in [-0.1, -0.05) is 59.6 Å². The minimum absolute atomic E-state index is 0. The predicted molar refractivity (Wildman–Crippen MR) is 127 cm³/mol. The van der Waals surface area contributed by atoms with Gasteiger partial charge in [0.2, 0.25) is 0 Å². The van der Waals surface area contributed by atoms with Gasteiger partial charge in [0.1, 0.15) is 5.75 Å². The second-order valence-electron chi connectivity index (χ2n) is 7.54. The van der Waals surface area contributed by atoms with Crippen LogP contribution < -0.4 is 4.74 Å². The molecule has 4 nitrogen and oxygen atoms in total. The van der Waals surface area contributed by atoms with E-state index in [0.29, 0.717) is 10.9 Å². The molecular formula is C26H33FN3OV-. The number of hydrogen-bond donors (Lipinski definition) is 0. The van der Waals surface area contributed by atoms with Crippen molar-refractivity contribution in [3.05, 3.63) is 64.6 Å². The van der Waals surface area contributed by atoms with Crippen LogP contribution >= 0.6 is 0 Å². The van der Waals surface area contributed by atoms with Crippen LogP contribution in [0.1, 0.15) is 58.7 Å². The van der Waals surface area contributed by atoms with Crippen LogP contribution in [0.2, 0.25) is 0 Å². The number of nitrogens with zero attached hydrogens (tertiary/aromatic N) is 3. The Morgan fingerprint density at radius 1 is 1.19 bits per heavy atom. The zero-order chi connectivity index (χ0) is 21.8. The summed E-state index contributed by atoms with van der Waals surface area (Å²) in [6.07, 6.45) is 2.49. The van der Waals surface area contributed by atoms with Crippen molar-refractivity contribution in [2.24, 2.45) is 0 Å². The summed E-state index contributed by atoms with van der Waals surface area (Å²) in [5.74, 6) is 0.355. The number of fused-ring (bicyclic) bond motifs is 2. The van der Waals surface area contributed by atoms with Gasteiger partial charge in [0.05, 0.1) is 5.82 Å². The quantitative estimate of drug-likeness (QED) is 0.391. The first-order chi connectivity index (χ1) is 14.4. The summed E-state index contributed by atoms with van der Waals surface area (Å²) in [4.78, 5) is 10.9. The molecule has 1 aliphatic rings. The van der Waals surface area contributed by atoms with E-state index in [-0.39, 0.29) is 43.3 Å².